The SMILES string of the molecule is CCCCCCCCCCCC(=O)N[C@H]1[C@H](OC(C)=O)O[C@H](COC(C)=O)[C@@H](OC(C)=O)[C@@H]1OC(C)=O. The highest BCUT2D eigenvalue weighted by Gasteiger charge is 2.52. The van der Waals surface area contributed by atoms with Crippen LogP contribution in [-0.4, -0.2) is 67.0 Å². The van der Waals surface area contributed by atoms with Crippen molar-refractivity contribution in [3.8, 4) is 0 Å². The molecule has 1 rings (SSSR count). The Labute approximate surface area is 219 Å². The van der Waals surface area contributed by atoms with Crippen molar-refractivity contribution in [1.29, 1.82) is 0 Å². The van der Waals surface area contributed by atoms with Gasteiger partial charge in [0.15, 0.2) is 12.2 Å². The summed E-state index contributed by atoms with van der Waals surface area (Å²) in [5, 5.41) is 2.73. The molecule has 1 N–H and O–H groups in total. The predicted molar refractivity (Wildman–Crippen MR) is 132 cm³/mol. The molecule has 37 heavy (non-hydrogen) atoms. The van der Waals surface area contributed by atoms with Gasteiger partial charge in [0.05, 0.1) is 0 Å². The fourth-order valence-electron chi connectivity index (χ4n) is 4.17. The van der Waals surface area contributed by atoms with Crippen LogP contribution in [0.5, 0.6) is 0 Å². The van der Waals surface area contributed by atoms with Crippen molar-refractivity contribution in [3.05, 3.63) is 0 Å². The number of rotatable bonds is 16. The van der Waals surface area contributed by atoms with Gasteiger partial charge in [0, 0.05) is 34.1 Å². The highest BCUT2D eigenvalue weighted by molar-refractivity contribution is 5.76. The number of hydrogen-bond donors (Lipinski definition) is 1. The van der Waals surface area contributed by atoms with Gasteiger partial charge in [-0.2, -0.15) is 0 Å². The van der Waals surface area contributed by atoms with Gasteiger partial charge in [-0.05, 0) is 6.42 Å². The van der Waals surface area contributed by atoms with E-state index >= 15 is 0 Å². The lowest BCUT2D eigenvalue weighted by Gasteiger charge is -2.44. The molecule has 0 aromatic heterocycles. The average Bonchev–Trinajstić information content (AvgIpc) is 2.79. The number of amides is 1. The molecule has 0 aromatic rings. The molecule has 5 atom stereocenters. The van der Waals surface area contributed by atoms with Crippen LogP contribution in [0.25, 0.3) is 0 Å². The summed E-state index contributed by atoms with van der Waals surface area (Å²) in [5.41, 5.74) is 0. The smallest absolute Gasteiger partial charge is 0.305 e. The van der Waals surface area contributed by atoms with Crippen molar-refractivity contribution in [3.63, 3.8) is 0 Å². The summed E-state index contributed by atoms with van der Waals surface area (Å²) in [7, 11) is 0. The van der Waals surface area contributed by atoms with E-state index in [0.717, 1.165) is 40.0 Å². The van der Waals surface area contributed by atoms with E-state index < -0.39 is 54.5 Å². The maximum absolute atomic E-state index is 12.8. The van der Waals surface area contributed by atoms with E-state index in [9.17, 15) is 24.0 Å². The molecular formula is C26H43NO10. The van der Waals surface area contributed by atoms with Crippen LogP contribution < -0.4 is 5.32 Å². The molecule has 212 valence electrons. The molecule has 11 nitrogen and oxygen atoms in total. The second-order valence-corrected chi connectivity index (χ2v) is 9.27. The minimum Gasteiger partial charge on any atom is -0.463 e. The number of ether oxygens (including phenoxy) is 5. The van der Waals surface area contributed by atoms with Crippen LogP contribution in [0.2, 0.25) is 0 Å². The number of carbonyl (C=O) groups is 5. The van der Waals surface area contributed by atoms with Crippen molar-refractivity contribution in [1.82, 2.24) is 5.32 Å². The molecule has 0 radical (unpaired) electrons. The van der Waals surface area contributed by atoms with Gasteiger partial charge in [-0.1, -0.05) is 58.3 Å². The Kier molecular flexibility index (Phi) is 15.5. The minimum atomic E-state index is -1.37. The first-order chi connectivity index (χ1) is 17.5. The number of unbranched alkanes of at least 4 members (excludes halogenated alkanes) is 8. The molecule has 0 aromatic carbocycles. The Morgan fingerprint density at radius 3 is 1.70 bits per heavy atom. The van der Waals surface area contributed by atoms with Gasteiger partial charge in [-0.15, -0.1) is 0 Å². The molecule has 11 heteroatoms. The third-order valence-electron chi connectivity index (χ3n) is 5.82. The second kappa shape index (κ2) is 17.7. The molecule has 1 heterocycles. The van der Waals surface area contributed by atoms with Crippen molar-refractivity contribution in [2.75, 3.05) is 6.61 Å². The summed E-state index contributed by atoms with van der Waals surface area (Å²) >= 11 is 0. The quantitative estimate of drug-likeness (QED) is 0.180. The first-order valence-electron chi connectivity index (χ1n) is 13.1. The molecule has 1 fully saturated rings. The summed E-state index contributed by atoms with van der Waals surface area (Å²) in [6, 6.07) is -1.16. The number of esters is 4. The number of nitrogens with one attached hydrogen (secondary N) is 1. The Morgan fingerprint density at radius 1 is 0.676 bits per heavy atom. The van der Waals surface area contributed by atoms with E-state index in [2.05, 4.69) is 12.2 Å². The third kappa shape index (κ3) is 13.4. The first kappa shape index (κ1) is 32.3. The van der Waals surface area contributed by atoms with E-state index in [1.165, 1.54) is 39.0 Å². The predicted octanol–water partition coefficient (Wildman–Crippen LogP) is 3.11. The summed E-state index contributed by atoms with van der Waals surface area (Å²) in [6.45, 7) is 6.48. The summed E-state index contributed by atoms with van der Waals surface area (Å²) in [6.07, 6.45) is 5.08. The standard InChI is InChI=1S/C26H43NO10/c1-6-7-8-9-10-11-12-13-14-15-22(32)27-23-25(35-19(4)30)24(34-18(3)29)21(16-33-17(2)28)37-26(23)36-20(5)31/h21,23-26H,6-16H2,1-5H3,(H,27,32)/t21-,23-,24-,25-,26-/m1/s1. The molecule has 0 aliphatic carbocycles. The molecular weight excluding hydrogens is 486 g/mol. The van der Waals surface area contributed by atoms with Crippen molar-refractivity contribution in [2.45, 2.75) is 129 Å². The van der Waals surface area contributed by atoms with E-state index in [0.29, 0.717) is 6.42 Å². The lowest BCUT2D eigenvalue weighted by Crippen LogP contribution is -2.67. The average molecular weight is 530 g/mol. The van der Waals surface area contributed by atoms with Crippen molar-refractivity contribution in [2.24, 2.45) is 0 Å². The number of hydrogen-bond acceptors (Lipinski definition) is 10. The first-order valence-corrected chi connectivity index (χ1v) is 13.1. The van der Waals surface area contributed by atoms with Crippen LogP contribution in [0.15, 0.2) is 0 Å². The Bertz CT molecular complexity index is 756. The van der Waals surface area contributed by atoms with Gasteiger partial charge < -0.3 is 29.0 Å². The van der Waals surface area contributed by atoms with Gasteiger partial charge in [0.2, 0.25) is 12.2 Å². The maximum atomic E-state index is 12.8. The largest absolute Gasteiger partial charge is 0.463 e. The second-order valence-electron chi connectivity index (χ2n) is 9.27. The fourth-order valence-corrected chi connectivity index (χ4v) is 4.17. The van der Waals surface area contributed by atoms with Crippen LogP contribution in [0.1, 0.15) is 98.8 Å². The Hall–Kier alpha value is -2.69. The summed E-state index contributed by atoms with van der Waals surface area (Å²) in [5.74, 6) is -3.10. The summed E-state index contributed by atoms with van der Waals surface area (Å²) < 4.78 is 26.8. The van der Waals surface area contributed by atoms with E-state index in [1.807, 2.05) is 0 Å². The molecule has 1 saturated heterocycles. The molecule has 1 aliphatic rings. The Balaban J connectivity index is 2.89. The molecule has 0 unspecified atom stereocenters. The number of carbonyl (C=O) groups excluding carboxylic acids is 5. The van der Waals surface area contributed by atoms with Crippen molar-refractivity contribution >= 4 is 29.8 Å². The van der Waals surface area contributed by atoms with Gasteiger partial charge in [0.1, 0.15) is 18.8 Å². The van der Waals surface area contributed by atoms with Crippen LogP contribution in [0, 0.1) is 0 Å². The summed E-state index contributed by atoms with van der Waals surface area (Å²) in [4.78, 5) is 59.6. The van der Waals surface area contributed by atoms with Crippen LogP contribution in [0.3, 0.4) is 0 Å². The van der Waals surface area contributed by atoms with Gasteiger partial charge in [-0.3, -0.25) is 24.0 Å². The highest BCUT2D eigenvalue weighted by atomic mass is 16.7. The normalized spacial score (nSPS) is 23.0. The molecule has 1 amide bonds. The van der Waals surface area contributed by atoms with Crippen molar-refractivity contribution < 1.29 is 47.7 Å². The topological polar surface area (TPSA) is 144 Å². The van der Waals surface area contributed by atoms with Gasteiger partial charge >= 0.3 is 23.9 Å². The molecule has 0 spiro atoms. The monoisotopic (exact) mass is 529 g/mol. The maximum Gasteiger partial charge on any atom is 0.305 e. The molecule has 0 bridgehead atoms. The Morgan fingerprint density at radius 2 is 1.19 bits per heavy atom. The zero-order valence-corrected chi connectivity index (χ0v) is 22.7. The van der Waals surface area contributed by atoms with E-state index in [4.69, 9.17) is 23.7 Å². The molecule has 1 aliphatic heterocycles. The van der Waals surface area contributed by atoms with Gasteiger partial charge in [0.25, 0.3) is 0 Å². The van der Waals surface area contributed by atoms with Crippen LogP contribution in [0.4, 0.5) is 0 Å². The third-order valence-corrected chi connectivity index (χ3v) is 5.82. The molecule has 0 saturated carbocycles. The minimum absolute atomic E-state index is 0.209. The fraction of sp³-hybridized carbons (Fsp3) is 0.808. The van der Waals surface area contributed by atoms with Gasteiger partial charge in [-0.25, -0.2) is 0 Å². The lowest BCUT2D eigenvalue weighted by molar-refractivity contribution is -0.271. The zero-order chi connectivity index (χ0) is 27.8. The van der Waals surface area contributed by atoms with E-state index in [1.54, 1.807) is 0 Å². The zero-order valence-electron chi connectivity index (χ0n) is 22.7. The van der Waals surface area contributed by atoms with E-state index in [-0.39, 0.29) is 18.9 Å². The van der Waals surface area contributed by atoms with Crippen LogP contribution >= 0.6 is 0 Å². The van der Waals surface area contributed by atoms with Crippen LogP contribution in [-0.2, 0) is 47.7 Å². The highest BCUT2D eigenvalue weighted by Crippen LogP contribution is 2.28. The lowest BCUT2D eigenvalue weighted by atomic mass is 9.95.